The second-order valence-corrected chi connectivity index (χ2v) is 6.62. The van der Waals surface area contributed by atoms with Gasteiger partial charge in [0.05, 0.1) is 19.1 Å². The fourth-order valence-electron chi connectivity index (χ4n) is 1.64. The summed E-state index contributed by atoms with van der Waals surface area (Å²) >= 11 is 1.93. The zero-order chi connectivity index (χ0) is 12.9. The van der Waals surface area contributed by atoms with Crippen LogP contribution in [0.25, 0.3) is 0 Å². The number of methoxy groups -OCH3 is 2. The summed E-state index contributed by atoms with van der Waals surface area (Å²) in [4.78, 5) is 11.3. The largest absolute Gasteiger partial charge is 0.469 e. The van der Waals surface area contributed by atoms with Gasteiger partial charge in [-0.1, -0.05) is 0 Å². The Balaban J connectivity index is 2.16. The van der Waals surface area contributed by atoms with Gasteiger partial charge in [0.15, 0.2) is 0 Å². The summed E-state index contributed by atoms with van der Waals surface area (Å²) in [5, 5.41) is 0. The molecule has 1 saturated carbocycles. The number of carbonyl (C=O) groups excluding carboxylic acids is 1. The lowest BCUT2D eigenvalue weighted by Gasteiger charge is -2.23. The molecule has 0 heterocycles. The van der Waals surface area contributed by atoms with Crippen LogP contribution in [0.15, 0.2) is 0 Å². The summed E-state index contributed by atoms with van der Waals surface area (Å²) in [6.07, 6.45) is 3.97. The van der Waals surface area contributed by atoms with Crippen LogP contribution in [0.3, 0.4) is 0 Å². The van der Waals surface area contributed by atoms with E-state index in [1.54, 1.807) is 7.11 Å². The minimum atomic E-state index is -0.0691. The minimum Gasteiger partial charge on any atom is -0.469 e. The summed E-state index contributed by atoms with van der Waals surface area (Å²) in [6.45, 7) is 4.21. The van der Waals surface area contributed by atoms with E-state index >= 15 is 0 Å². The molecule has 0 amide bonds. The smallest absolute Gasteiger partial charge is 0.306 e. The molecular weight excluding hydrogens is 236 g/mol. The maximum absolute atomic E-state index is 11.3. The van der Waals surface area contributed by atoms with Crippen molar-refractivity contribution in [3.05, 3.63) is 0 Å². The van der Waals surface area contributed by atoms with Gasteiger partial charge >= 0.3 is 5.97 Å². The predicted octanol–water partition coefficient (Wildman–Crippen LogP) is 2.88. The van der Waals surface area contributed by atoms with E-state index in [9.17, 15) is 4.79 Å². The van der Waals surface area contributed by atoms with Crippen LogP contribution in [0.4, 0.5) is 0 Å². The Morgan fingerprint density at radius 1 is 1.35 bits per heavy atom. The Labute approximate surface area is 109 Å². The first-order valence-electron chi connectivity index (χ1n) is 6.13. The standard InChI is InChI=1S/C13H24O3S/c1-12(2,16-4)7-8-17-10-13(5-6-13)9-11(14)15-3/h5-10H2,1-4H3. The molecule has 0 N–H and O–H groups in total. The zero-order valence-corrected chi connectivity index (χ0v) is 12.2. The second kappa shape index (κ2) is 6.10. The molecule has 3 nitrogen and oxygen atoms in total. The molecule has 0 bridgehead atoms. The highest BCUT2D eigenvalue weighted by atomic mass is 32.2. The number of thioether (sulfide) groups is 1. The fourth-order valence-corrected chi connectivity index (χ4v) is 3.24. The Bertz CT molecular complexity index is 259. The zero-order valence-electron chi connectivity index (χ0n) is 11.4. The van der Waals surface area contributed by atoms with Crippen molar-refractivity contribution >= 4 is 17.7 Å². The summed E-state index contributed by atoms with van der Waals surface area (Å²) in [7, 11) is 3.22. The van der Waals surface area contributed by atoms with E-state index in [0.717, 1.165) is 17.9 Å². The Morgan fingerprint density at radius 2 is 2.00 bits per heavy atom. The summed E-state index contributed by atoms with van der Waals surface area (Å²) < 4.78 is 10.1. The van der Waals surface area contributed by atoms with Gasteiger partial charge in [0.25, 0.3) is 0 Å². The number of carbonyl (C=O) groups is 1. The molecule has 0 spiro atoms. The van der Waals surface area contributed by atoms with Gasteiger partial charge in [-0.3, -0.25) is 4.79 Å². The van der Waals surface area contributed by atoms with Crippen LogP contribution in [-0.2, 0) is 14.3 Å². The molecule has 0 unspecified atom stereocenters. The van der Waals surface area contributed by atoms with Gasteiger partial charge in [0, 0.05) is 7.11 Å². The lowest BCUT2D eigenvalue weighted by Crippen LogP contribution is -2.23. The van der Waals surface area contributed by atoms with Gasteiger partial charge in [-0.25, -0.2) is 0 Å². The van der Waals surface area contributed by atoms with Crippen molar-refractivity contribution in [3.63, 3.8) is 0 Å². The molecule has 0 aromatic rings. The number of rotatable bonds is 8. The molecule has 0 aromatic heterocycles. The first kappa shape index (κ1) is 14.8. The fraction of sp³-hybridized carbons (Fsp3) is 0.923. The average molecular weight is 260 g/mol. The molecule has 1 aliphatic carbocycles. The lowest BCUT2D eigenvalue weighted by molar-refractivity contribution is -0.141. The maximum atomic E-state index is 11.3. The van der Waals surface area contributed by atoms with Crippen molar-refractivity contribution in [2.75, 3.05) is 25.7 Å². The molecule has 17 heavy (non-hydrogen) atoms. The molecule has 1 rings (SSSR count). The van der Waals surface area contributed by atoms with Crippen molar-refractivity contribution in [2.24, 2.45) is 5.41 Å². The SMILES string of the molecule is COC(=O)CC1(CSCCC(C)(C)OC)CC1. The van der Waals surface area contributed by atoms with Crippen molar-refractivity contribution < 1.29 is 14.3 Å². The highest BCUT2D eigenvalue weighted by molar-refractivity contribution is 7.99. The van der Waals surface area contributed by atoms with Crippen molar-refractivity contribution in [2.45, 2.75) is 45.1 Å². The van der Waals surface area contributed by atoms with Gasteiger partial charge in [0.2, 0.25) is 0 Å². The molecule has 0 atom stereocenters. The van der Waals surface area contributed by atoms with Crippen LogP contribution in [0.1, 0.15) is 39.5 Å². The molecular formula is C13H24O3S. The van der Waals surface area contributed by atoms with Crippen LogP contribution < -0.4 is 0 Å². The third-order valence-corrected chi connectivity index (χ3v) is 4.82. The predicted molar refractivity (Wildman–Crippen MR) is 71.3 cm³/mol. The molecule has 0 radical (unpaired) electrons. The third kappa shape index (κ3) is 5.30. The highest BCUT2D eigenvalue weighted by Gasteiger charge is 2.44. The number of hydrogen-bond donors (Lipinski definition) is 0. The highest BCUT2D eigenvalue weighted by Crippen LogP contribution is 2.51. The number of hydrogen-bond acceptors (Lipinski definition) is 4. The van der Waals surface area contributed by atoms with E-state index in [0.29, 0.717) is 6.42 Å². The summed E-state index contributed by atoms with van der Waals surface area (Å²) in [5.41, 5.74) is 0.209. The summed E-state index contributed by atoms with van der Waals surface area (Å²) in [6, 6.07) is 0. The average Bonchev–Trinajstić information content (AvgIpc) is 3.05. The molecule has 100 valence electrons. The quantitative estimate of drug-likeness (QED) is 0.496. The molecule has 1 aliphatic rings. The van der Waals surface area contributed by atoms with Gasteiger partial charge < -0.3 is 9.47 Å². The first-order valence-corrected chi connectivity index (χ1v) is 7.28. The lowest BCUT2D eigenvalue weighted by atomic mass is 10.1. The van der Waals surface area contributed by atoms with E-state index in [2.05, 4.69) is 13.8 Å². The van der Waals surface area contributed by atoms with Crippen molar-refractivity contribution in [3.8, 4) is 0 Å². The van der Waals surface area contributed by atoms with Crippen LogP contribution >= 0.6 is 11.8 Å². The molecule has 0 aromatic carbocycles. The van der Waals surface area contributed by atoms with Crippen LogP contribution in [-0.4, -0.2) is 37.3 Å². The number of esters is 1. The topological polar surface area (TPSA) is 35.5 Å². The van der Waals surface area contributed by atoms with Crippen LogP contribution in [0.5, 0.6) is 0 Å². The molecule has 0 saturated heterocycles. The van der Waals surface area contributed by atoms with E-state index in [1.807, 2.05) is 11.8 Å². The summed E-state index contributed by atoms with van der Waals surface area (Å²) in [5.74, 6) is 2.09. The van der Waals surface area contributed by atoms with E-state index < -0.39 is 0 Å². The number of ether oxygens (including phenoxy) is 2. The normalized spacial score (nSPS) is 17.9. The Hall–Kier alpha value is -0.220. The minimum absolute atomic E-state index is 0.0357. The second-order valence-electron chi connectivity index (χ2n) is 5.52. The van der Waals surface area contributed by atoms with Gasteiger partial charge in [-0.05, 0) is 50.0 Å². The first-order chi connectivity index (χ1) is 7.93. The van der Waals surface area contributed by atoms with Gasteiger partial charge in [-0.15, -0.1) is 0 Å². The monoisotopic (exact) mass is 260 g/mol. The van der Waals surface area contributed by atoms with E-state index in [-0.39, 0.29) is 17.0 Å². The van der Waals surface area contributed by atoms with Gasteiger partial charge in [-0.2, -0.15) is 11.8 Å². The van der Waals surface area contributed by atoms with Crippen molar-refractivity contribution in [1.29, 1.82) is 0 Å². The molecule has 4 heteroatoms. The van der Waals surface area contributed by atoms with E-state index in [4.69, 9.17) is 9.47 Å². The Morgan fingerprint density at radius 3 is 2.47 bits per heavy atom. The van der Waals surface area contributed by atoms with Gasteiger partial charge in [0.1, 0.15) is 0 Å². The van der Waals surface area contributed by atoms with Crippen LogP contribution in [0, 0.1) is 5.41 Å². The Kier molecular flexibility index (Phi) is 5.32. The molecule has 0 aliphatic heterocycles. The third-order valence-electron chi connectivity index (χ3n) is 3.51. The van der Waals surface area contributed by atoms with E-state index in [1.165, 1.54) is 20.0 Å². The van der Waals surface area contributed by atoms with Crippen molar-refractivity contribution in [1.82, 2.24) is 0 Å². The van der Waals surface area contributed by atoms with Crippen LogP contribution in [0.2, 0.25) is 0 Å². The maximum Gasteiger partial charge on any atom is 0.306 e. The molecule has 1 fully saturated rings.